The van der Waals surface area contributed by atoms with E-state index in [4.69, 9.17) is 11.6 Å². The van der Waals surface area contributed by atoms with Gasteiger partial charge in [0.05, 0.1) is 0 Å². The van der Waals surface area contributed by atoms with Gasteiger partial charge in [-0.1, -0.05) is 11.6 Å². The lowest BCUT2D eigenvalue weighted by atomic mass is 10.2. The molecule has 2 heterocycles. The van der Waals surface area contributed by atoms with Gasteiger partial charge in [-0.25, -0.2) is 9.37 Å². The Kier molecular flexibility index (Phi) is 4.24. The molecule has 0 spiro atoms. The van der Waals surface area contributed by atoms with E-state index >= 15 is 0 Å². The number of anilines is 1. The van der Waals surface area contributed by atoms with Crippen LogP contribution in [0.25, 0.3) is 0 Å². The largest absolute Gasteiger partial charge is 0.368 e. The van der Waals surface area contributed by atoms with E-state index in [1.807, 2.05) is 0 Å². The van der Waals surface area contributed by atoms with Gasteiger partial charge in [0, 0.05) is 43.6 Å². The minimum Gasteiger partial charge on any atom is -0.368 e. The molecule has 1 amide bonds. The summed E-state index contributed by atoms with van der Waals surface area (Å²) in [6.45, 7) is 2.68. The molecule has 1 aromatic heterocycles. The van der Waals surface area contributed by atoms with Crippen molar-refractivity contribution in [2.45, 2.75) is 0 Å². The van der Waals surface area contributed by atoms with Gasteiger partial charge >= 0.3 is 0 Å². The molecular weight excluding hydrogens is 305 g/mol. The van der Waals surface area contributed by atoms with Crippen molar-refractivity contribution in [3.05, 3.63) is 59.1 Å². The predicted molar refractivity (Wildman–Crippen MR) is 83.8 cm³/mol. The summed E-state index contributed by atoms with van der Waals surface area (Å²) in [5, 5.41) is 0.316. The molecule has 0 unspecified atom stereocenters. The molecule has 1 aromatic carbocycles. The Morgan fingerprint density at radius 1 is 1.09 bits per heavy atom. The number of hydrogen-bond donors (Lipinski definition) is 0. The fourth-order valence-corrected chi connectivity index (χ4v) is 2.71. The number of rotatable bonds is 2. The molecule has 2 aromatic rings. The smallest absolute Gasteiger partial charge is 0.254 e. The average Bonchev–Trinajstić information content (AvgIpc) is 2.55. The highest BCUT2D eigenvalue weighted by molar-refractivity contribution is 6.29. The Morgan fingerprint density at radius 2 is 1.77 bits per heavy atom. The summed E-state index contributed by atoms with van der Waals surface area (Å²) in [7, 11) is 0. The molecule has 0 N–H and O–H groups in total. The van der Waals surface area contributed by atoms with Gasteiger partial charge in [0.25, 0.3) is 5.91 Å². The standard InChI is InChI=1S/C16H15ClFN3O/c17-15-11-12(5-6-19-15)16(22)21-9-7-20(8-10-21)14-3-1-13(18)2-4-14/h1-6,11H,7-10H2. The Morgan fingerprint density at radius 3 is 2.41 bits per heavy atom. The fourth-order valence-electron chi connectivity index (χ4n) is 2.54. The minimum atomic E-state index is -0.243. The number of aromatic nitrogens is 1. The molecule has 0 atom stereocenters. The number of benzene rings is 1. The Labute approximate surface area is 133 Å². The van der Waals surface area contributed by atoms with Crippen molar-refractivity contribution in [2.75, 3.05) is 31.1 Å². The third kappa shape index (κ3) is 3.20. The summed E-state index contributed by atoms with van der Waals surface area (Å²) in [5.41, 5.74) is 1.52. The van der Waals surface area contributed by atoms with Crippen LogP contribution in [-0.2, 0) is 0 Å². The van der Waals surface area contributed by atoms with E-state index in [1.54, 1.807) is 29.2 Å². The van der Waals surface area contributed by atoms with Gasteiger partial charge in [-0.2, -0.15) is 0 Å². The Hall–Kier alpha value is -2.14. The number of hydrogen-bond acceptors (Lipinski definition) is 3. The zero-order valence-electron chi connectivity index (χ0n) is 11.9. The molecule has 6 heteroatoms. The lowest BCUT2D eigenvalue weighted by Gasteiger charge is -2.36. The van der Waals surface area contributed by atoms with E-state index in [9.17, 15) is 9.18 Å². The van der Waals surface area contributed by atoms with E-state index in [0.717, 1.165) is 18.8 Å². The number of pyridine rings is 1. The SMILES string of the molecule is O=C(c1ccnc(Cl)c1)N1CCN(c2ccc(F)cc2)CC1. The van der Waals surface area contributed by atoms with E-state index in [2.05, 4.69) is 9.88 Å². The maximum atomic E-state index is 13.0. The first kappa shape index (κ1) is 14.8. The molecule has 1 aliphatic rings. The van der Waals surface area contributed by atoms with Crippen molar-refractivity contribution in [1.29, 1.82) is 0 Å². The van der Waals surface area contributed by atoms with Gasteiger partial charge in [-0.3, -0.25) is 4.79 Å². The predicted octanol–water partition coefficient (Wildman–Crippen LogP) is 2.84. The van der Waals surface area contributed by atoms with E-state index in [-0.39, 0.29) is 11.7 Å². The molecule has 0 radical (unpaired) electrons. The fraction of sp³-hybridized carbons (Fsp3) is 0.250. The van der Waals surface area contributed by atoms with Crippen LogP contribution in [0.1, 0.15) is 10.4 Å². The topological polar surface area (TPSA) is 36.4 Å². The van der Waals surface area contributed by atoms with Crippen LogP contribution in [0.3, 0.4) is 0 Å². The Bertz CT molecular complexity index is 669. The third-order valence-electron chi connectivity index (χ3n) is 3.73. The van der Waals surface area contributed by atoms with Gasteiger partial charge < -0.3 is 9.80 Å². The second-order valence-electron chi connectivity index (χ2n) is 5.12. The maximum Gasteiger partial charge on any atom is 0.254 e. The van der Waals surface area contributed by atoms with E-state index < -0.39 is 0 Å². The highest BCUT2D eigenvalue weighted by Gasteiger charge is 2.22. The summed E-state index contributed by atoms with van der Waals surface area (Å²) in [4.78, 5) is 20.2. The first-order chi connectivity index (χ1) is 10.6. The molecule has 1 saturated heterocycles. The quantitative estimate of drug-likeness (QED) is 0.799. The van der Waals surface area contributed by atoms with Gasteiger partial charge in [-0.05, 0) is 36.4 Å². The molecular formula is C16H15ClFN3O. The summed E-state index contributed by atoms with van der Waals surface area (Å²) in [6.07, 6.45) is 1.53. The van der Waals surface area contributed by atoms with E-state index in [1.165, 1.54) is 18.3 Å². The molecule has 22 heavy (non-hydrogen) atoms. The molecule has 1 aliphatic heterocycles. The van der Waals surface area contributed by atoms with Gasteiger partial charge in [0.15, 0.2) is 0 Å². The van der Waals surface area contributed by atoms with Crippen LogP contribution in [0.2, 0.25) is 5.15 Å². The van der Waals surface area contributed by atoms with E-state index in [0.29, 0.717) is 23.8 Å². The number of piperazine rings is 1. The maximum absolute atomic E-state index is 13.0. The first-order valence-electron chi connectivity index (χ1n) is 7.05. The third-order valence-corrected chi connectivity index (χ3v) is 3.94. The van der Waals surface area contributed by atoms with Crippen molar-refractivity contribution >= 4 is 23.2 Å². The monoisotopic (exact) mass is 319 g/mol. The first-order valence-corrected chi connectivity index (χ1v) is 7.42. The average molecular weight is 320 g/mol. The highest BCUT2D eigenvalue weighted by atomic mass is 35.5. The number of halogens is 2. The van der Waals surface area contributed by atoms with Gasteiger partial charge in [0.1, 0.15) is 11.0 Å². The van der Waals surface area contributed by atoms with Crippen molar-refractivity contribution in [2.24, 2.45) is 0 Å². The Balaban J connectivity index is 1.64. The van der Waals surface area contributed by atoms with Gasteiger partial charge in [-0.15, -0.1) is 0 Å². The molecule has 0 saturated carbocycles. The van der Waals surface area contributed by atoms with Crippen LogP contribution in [0.15, 0.2) is 42.6 Å². The van der Waals surface area contributed by atoms with Crippen LogP contribution >= 0.6 is 11.6 Å². The summed E-state index contributed by atoms with van der Waals surface area (Å²) in [5.74, 6) is -0.282. The van der Waals surface area contributed by atoms with Crippen LogP contribution in [0.5, 0.6) is 0 Å². The van der Waals surface area contributed by atoms with Crippen molar-refractivity contribution in [3.8, 4) is 0 Å². The normalized spacial score (nSPS) is 15.0. The lowest BCUT2D eigenvalue weighted by molar-refractivity contribution is 0.0746. The zero-order valence-corrected chi connectivity index (χ0v) is 12.6. The van der Waals surface area contributed by atoms with Crippen LogP contribution < -0.4 is 4.90 Å². The summed E-state index contributed by atoms with van der Waals surface area (Å²) >= 11 is 5.82. The van der Waals surface area contributed by atoms with Crippen LogP contribution in [0.4, 0.5) is 10.1 Å². The number of carbonyl (C=O) groups excluding carboxylic acids is 1. The van der Waals surface area contributed by atoms with Gasteiger partial charge in [0.2, 0.25) is 0 Å². The molecule has 0 bridgehead atoms. The summed E-state index contributed by atoms with van der Waals surface area (Å²) < 4.78 is 13.0. The van der Waals surface area contributed by atoms with Crippen molar-refractivity contribution < 1.29 is 9.18 Å². The number of carbonyl (C=O) groups is 1. The van der Waals surface area contributed by atoms with Crippen LogP contribution in [0, 0.1) is 5.82 Å². The van der Waals surface area contributed by atoms with Crippen molar-refractivity contribution in [1.82, 2.24) is 9.88 Å². The molecule has 0 aliphatic carbocycles. The van der Waals surface area contributed by atoms with Crippen molar-refractivity contribution in [3.63, 3.8) is 0 Å². The number of nitrogens with zero attached hydrogens (tertiary/aromatic N) is 3. The molecule has 1 fully saturated rings. The lowest BCUT2D eigenvalue weighted by Crippen LogP contribution is -2.48. The molecule has 114 valence electrons. The minimum absolute atomic E-state index is 0.0388. The summed E-state index contributed by atoms with van der Waals surface area (Å²) in [6, 6.07) is 9.67. The zero-order chi connectivity index (χ0) is 15.5. The molecule has 4 nitrogen and oxygen atoms in total. The molecule has 3 rings (SSSR count). The second kappa shape index (κ2) is 6.32. The second-order valence-corrected chi connectivity index (χ2v) is 5.51. The highest BCUT2D eigenvalue weighted by Crippen LogP contribution is 2.18. The number of amides is 1. The van der Waals surface area contributed by atoms with Crippen LogP contribution in [-0.4, -0.2) is 42.0 Å².